The topological polar surface area (TPSA) is 66.9 Å². The summed E-state index contributed by atoms with van der Waals surface area (Å²) in [6.45, 7) is 5.99. The van der Waals surface area contributed by atoms with Gasteiger partial charge in [0, 0.05) is 0 Å². The molecule has 0 saturated heterocycles. The standard InChI is InChI=1S/C12H20N4O/c1-8(2)5-11(13-4)12(17)16-10-6-14-9(3)15-7-10/h6-8,11,13H,5H2,1-4H3,(H,16,17). The number of hydrogen-bond donors (Lipinski definition) is 2. The van der Waals surface area contributed by atoms with Crippen LogP contribution in [0.5, 0.6) is 0 Å². The maximum absolute atomic E-state index is 11.9. The maximum Gasteiger partial charge on any atom is 0.241 e. The number of rotatable bonds is 5. The van der Waals surface area contributed by atoms with Crippen molar-refractivity contribution >= 4 is 11.6 Å². The average molecular weight is 236 g/mol. The normalized spacial score (nSPS) is 12.5. The van der Waals surface area contributed by atoms with Crippen LogP contribution in [0.2, 0.25) is 0 Å². The Hall–Kier alpha value is -1.49. The minimum atomic E-state index is -0.184. The van der Waals surface area contributed by atoms with E-state index in [0.29, 0.717) is 17.4 Å². The van der Waals surface area contributed by atoms with Crippen molar-refractivity contribution in [1.82, 2.24) is 15.3 Å². The first-order valence-corrected chi connectivity index (χ1v) is 5.79. The summed E-state index contributed by atoms with van der Waals surface area (Å²) in [5, 5.41) is 5.81. The smallest absolute Gasteiger partial charge is 0.241 e. The molecule has 1 atom stereocenters. The molecule has 1 aromatic rings. The van der Waals surface area contributed by atoms with Crippen molar-refractivity contribution in [2.24, 2.45) is 5.92 Å². The van der Waals surface area contributed by atoms with E-state index in [9.17, 15) is 4.79 Å². The maximum atomic E-state index is 11.9. The summed E-state index contributed by atoms with van der Waals surface area (Å²) < 4.78 is 0. The monoisotopic (exact) mass is 236 g/mol. The van der Waals surface area contributed by atoms with Crippen LogP contribution in [-0.4, -0.2) is 29.0 Å². The van der Waals surface area contributed by atoms with Crippen LogP contribution in [0.15, 0.2) is 12.4 Å². The van der Waals surface area contributed by atoms with Gasteiger partial charge in [-0.15, -0.1) is 0 Å². The molecule has 94 valence electrons. The largest absolute Gasteiger partial charge is 0.322 e. The van der Waals surface area contributed by atoms with Gasteiger partial charge in [0.25, 0.3) is 0 Å². The lowest BCUT2D eigenvalue weighted by molar-refractivity contribution is -0.118. The molecule has 1 amide bonds. The molecule has 1 unspecified atom stereocenters. The predicted molar refractivity (Wildman–Crippen MR) is 67.7 cm³/mol. The van der Waals surface area contributed by atoms with Crippen molar-refractivity contribution in [1.29, 1.82) is 0 Å². The first-order valence-electron chi connectivity index (χ1n) is 5.79. The lowest BCUT2D eigenvalue weighted by atomic mass is 10.0. The van der Waals surface area contributed by atoms with Crippen molar-refractivity contribution in [2.75, 3.05) is 12.4 Å². The summed E-state index contributed by atoms with van der Waals surface area (Å²) in [7, 11) is 1.79. The second-order valence-electron chi connectivity index (χ2n) is 4.48. The van der Waals surface area contributed by atoms with Crippen molar-refractivity contribution in [2.45, 2.75) is 33.2 Å². The Morgan fingerprint density at radius 3 is 2.41 bits per heavy atom. The van der Waals surface area contributed by atoms with E-state index < -0.39 is 0 Å². The van der Waals surface area contributed by atoms with Gasteiger partial charge in [-0.05, 0) is 26.3 Å². The predicted octanol–water partition coefficient (Wildman–Crippen LogP) is 1.36. The lowest BCUT2D eigenvalue weighted by Crippen LogP contribution is -2.39. The summed E-state index contributed by atoms with van der Waals surface area (Å²) in [6, 6.07) is -0.184. The number of hydrogen-bond acceptors (Lipinski definition) is 4. The van der Waals surface area contributed by atoms with Gasteiger partial charge in [-0.25, -0.2) is 9.97 Å². The molecule has 0 aliphatic rings. The van der Waals surface area contributed by atoms with Crippen LogP contribution >= 0.6 is 0 Å². The highest BCUT2D eigenvalue weighted by molar-refractivity contribution is 5.94. The van der Waals surface area contributed by atoms with E-state index in [0.717, 1.165) is 6.42 Å². The Balaban J connectivity index is 2.60. The third-order valence-electron chi connectivity index (χ3n) is 2.42. The van der Waals surface area contributed by atoms with Gasteiger partial charge in [0.15, 0.2) is 0 Å². The molecule has 1 heterocycles. The third-order valence-corrected chi connectivity index (χ3v) is 2.42. The molecule has 0 radical (unpaired) electrons. The van der Waals surface area contributed by atoms with Crippen LogP contribution in [0.1, 0.15) is 26.1 Å². The van der Waals surface area contributed by atoms with Crippen LogP contribution in [0.25, 0.3) is 0 Å². The fourth-order valence-corrected chi connectivity index (χ4v) is 1.51. The first-order chi connectivity index (χ1) is 8.02. The second-order valence-corrected chi connectivity index (χ2v) is 4.48. The molecular weight excluding hydrogens is 216 g/mol. The molecule has 1 aromatic heterocycles. The SMILES string of the molecule is CNC(CC(C)C)C(=O)Nc1cnc(C)nc1. The fourth-order valence-electron chi connectivity index (χ4n) is 1.51. The van der Waals surface area contributed by atoms with E-state index in [1.807, 2.05) is 0 Å². The van der Waals surface area contributed by atoms with Crippen molar-refractivity contribution in [3.8, 4) is 0 Å². The quantitative estimate of drug-likeness (QED) is 0.810. The lowest BCUT2D eigenvalue weighted by Gasteiger charge is -2.17. The summed E-state index contributed by atoms with van der Waals surface area (Å²) in [4.78, 5) is 20.0. The molecule has 0 bridgehead atoms. The summed E-state index contributed by atoms with van der Waals surface area (Å²) in [5.74, 6) is 1.11. The number of amides is 1. The van der Waals surface area contributed by atoms with Crippen LogP contribution in [0.3, 0.4) is 0 Å². The molecule has 0 aliphatic heterocycles. The zero-order valence-corrected chi connectivity index (χ0v) is 10.8. The minimum absolute atomic E-state index is 0.0475. The molecule has 2 N–H and O–H groups in total. The molecule has 5 heteroatoms. The van der Waals surface area contributed by atoms with Crippen LogP contribution in [0.4, 0.5) is 5.69 Å². The fraction of sp³-hybridized carbons (Fsp3) is 0.583. The summed E-state index contributed by atoms with van der Waals surface area (Å²) in [6.07, 6.45) is 4.03. The van der Waals surface area contributed by atoms with Gasteiger partial charge in [-0.1, -0.05) is 13.8 Å². The van der Waals surface area contributed by atoms with Crippen molar-refractivity contribution in [3.05, 3.63) is 18.2 Å². The van der Waals surface area contributed by atoms with Gasteiger partial charge in [0.05, 0.1) is 24.1 Å². The number of carbonyl (C=O) groups is 1. The van der Waals surface area contributed by atoms with Gasteiger partial charge in [-0.2, -0.15) is 0 Å². The summed E-state index contributed by atoms with van der Waals surface area (Å²) in [5.41, 5.74) is 0.629. The molecule has 1 rings (SSSR count). The van der Waals surface area contributed by atoms with E-state index in [4.69, 9.17) is 0 Å². The highest BCUT2D eigenvalue weighted by atomic mass is 16.2. The van der Waals surface area contributed by atoms with Gasteiger partial charge >= 0.3 is 0 Å². The number of likely N-dealkylation sites (N-methyl/N-ethyl adjacent to an activating group) is 1. The Bertz CT molecular complexity index is 361. The molecule has 0 spiro atoms. The molecule has 0 aliphatic carbocycles. The highest BCUT2D eigenvalue weighted by Crippen LogP contribution is 2.08. The molecule has 17 heavy (non-hydrogen) atoms. The molecule has 0 fully saturated rings. The Morgan fingerprint density at radius 2 is 1.94 bits per heavy atom. The van der Waals surface area contributed by atoms with Crippen LogP contribution in [-0.2, 0) is 4.79 Å². The first kappa shape index (κ1) is 13.6. The van der Waals surface area contributed by atoms with Crippen molar-refractivity contribution < 1.29 is 4.79 Å². The van der Waals surface area contributed by atoms with Gasteiger partial charge < -0.3 is 10.6 Å². The average Bonchev–Trinajstić information content (AvgIpc) is 2.28. The molecular formula is C12H20N4O. The number of aromatic nitrogens is 2. The zero-order chi connectivity index (χ0) is 12.8. The van der Waals surface area contributed by atoms with Gasteiger partial charge in [0.1, 0.15) is 5.82 Å². The number of carbonyl (C=O) groups excluding carboxylic acids is 1. The van der Waals surface area contributed by atoms with Gasteiger partial charge in [0.2, 0.25) is 5.91 Å². The third kappa shape index (κ3) is 4.48. The number of nitrogens with one attached hydrogen (secondary N) is 2. The second kappa shape index (κ2) is 6.30. The van der Waals surface area contributed by atoms with E-state index in [2.05, 4.69) is 34.4 Å². The number of anilines is 1. The number of nitrogens with zero attached hydrogens (tertiary/aromatic N) is 2. The number of aryl methyl sites for hydroxylation is 1. The van der Waals surface area contributed by atoms with Crippen molar-refractivity contribution in [3.63, 3.8) is 0 Å². The van der Waals surface area contributed by atoms with Crippen LogP contribution in [0, 0.1) is 12.8 Å². The zero-order valence-electron chi connectivity index (χ0n) is 10.8. The Labute approximate surface area is 102 Å². The van der Waals surface area contributed by atoms with E-state index in [1.54, 1.807) is 26.4 Å². The van der Waals surface area contributed by atoms with E-state index in [-0.39, 0.29) is 11.9 Å². The molecule has 5 nitrogen and oxygen atoms in total. The van der Waals surface area contributed by atoms with Crippen LogP contribution < -0.4 is 10.6 Å². The molecule has 0 saturated carbocycles. The Morgan fingerprint density at radius 1 is 1.35 bits per heavy atom. The molecule has 0 aromatic carbocycles. The van der Waals surface area contributed by atoms with Gasteiger partial charge in [-0.3, -0.25) is 4.79 Å². The minimum Gasteiger partial charge on any atom is -0.322 e. The van der Waals surface area contributed by atoms with E-state index in [1.165, 1.54) is 0 Å². The summed E-state index contributed by atoms with van der Waals surface area (Å²) >= 11 is 0. The Kier molecular flexibility index (Phi) is 5.03. The van der Waals surface area contributed by atoms with E-state index >= 15 is 0 Å². The highest BCUT2D eigenvalue weighted by Gasteiger charge is 2.17.